The van der Waals surface area contributed by atoms with Crippen molar-refractivity contribution in [1.82, 2.24) is 29.8 Å². The minimum atomic E-state index is -3.86. The van der Waals surface area contributed by atoms with Crippen molar-refractivity contribution in [3.8, 4) is 0 Å². The molecule has 3 aliphatic rings. The van der Waals surface area contributed by atoms with Gasteiger partial charge in [0.05, 0.1) is 23.1 Å². The number of rotatable bonds is 5. The van der Waals surface area contributed by atoms with Crippen molar-refractivity contribution in [2.75, 3.05) is 50.8 Å². The van der Waals surface area contributed by atoms with Crippen molar-refractivity contribution in [3.05, 3.63) is 76.6 Å². The number of carbonyl (C=O) groups is 2. The van der Waals surface area contributed by atoms with Gasteiger partial charge in [-0.15, -0.1) is 0 Å². The first-order valence-electron chi connectivity index (χ1n) is 14.3. The maximum Gasteiger partial charge on any atom is 0.302 e. The largest absolute Gasteiger partial charge is 0.382 e. The summed E-state index contributed by atoms with van der Waals surface area (Å²) in [6, 6.07) is 15.7. The lowest BCUT2D eigenvalue weighted by atomic mass is 9.88. The summed E-state index contributed by atoms with van der Waals surface area (Å²) in [6.45, 7) is 2.01. The number of aromatic nitrogens is 2. The van der Waals surface area contributed by atoms with Crippen LogP contribution in [-0.4, -0.2) is 90.2 Å². The van der Waals surface area contributed by atoms with Crippen molar-refractivity contribution in [1.29, 1.82) is 0 Å². The van der Waals surface area contributed by atoms with Crippen LogP contribution in [0.1, 0.15) is 45.4 Å². The van der Waals surface area contributed by atoms with Crippen LogP contribution in [0.5, 0.6) is 0 Å². The van der Waals surface area contributed by atoms with E-state index in [0.717, 1.165) is 5.56 Å². The first kappa shape index (κ1) is 30.7. The molecule has 3 aromatic rings. The van der Waals surface area contributed by atoms with E-state index in [1.165, 1.54) is 16.4 Å². The molecule has 6 rings (SSSR count). The number of hydrogen-bond donors (Lipinski definition) is 4. The van der Waals surface area contributed by atoms with E-state index in [4.69, 9.17) is 27.8 Å². The van der Waals surface area contributed by atoms with Crippen molar-refractivity contribution >= 4 is 51.0 Å². The number of hydrogen-bond acceptors (Lipinski definition) is 9. The summed E-state index contributed by atoms with van der Waals surface area (Å²) < 4.78 is 34.5. The van der Waals surface area contributed by atoms with Crippen LogP contribution >= 0.6 is 11.6 Å². The normalized spacial score (nSPS) is 21.0. The number of guanidine groups is 1. The number of nitrogen functional groups attached to an aromatic ring is 2. The number of ether oxygens (including phenoxy) is 1. The monoisotopic (exact) mass is 653 g/mol. The van der Waals surface area contributed by atoms with E-state index in [1.54, 1.807) is 17.0 Å². The van der Waals surface area contributed by atoms with Gasteiger partial charge in [-0.05, 0) is 36.6 Å². The van der Waals surface area contributed by atoms with Gasteiger partial charge in [-0.1, -0.05) is 48.0 Å². The van der Waals surface area contributed by atoms with Gasteiger partial charge in [0, 0.05) is 38.3 Å². The summed E-state index contributed by atoms with van der Waals surface area (Å²) in [6.07, 6.45) is 0.772. The average molecular weight is 654 g/mol. The second-order valence-corrected chi connectivity index (χ2v) is 13.4. The molecule has 3 aliphatic heterocycles. The maximum atomic E-state index is 13.6. The third kappa shape index (κ3) is 6.29. The Balaban J connectivity index is 1.09. The lowest BCUT2D eigenvalue weighted by molar-refractivity contribution is -0.00255. The van der Waals surface area contributed by atoms with Crippen LogP contribution in [0.15, 0.2) is 64.5 Å². The number of sulfonamides is 1. The Morgan fingerprint density at radius 2 is 1.78 bits per heavy atom. The Bertz CT molecular complexity index is 1760. The number of benzene rings is 2. The molecule has 1 spiro atoms. The van der Waals surface area contributed by atoms with Crippen molar-refractivity contribution in [2.24, 2.45) is 4.99 Å². The quantitative estimate of drug-likeness (QED) is 0.311. The molecule has 1 aromatic heterocycles. The minimum absolute atomic E-state index is 0.0652. The number of nitrogens with one attached hydrogen (secondary N) is 2. The van der Waals surface area contributed by atoms with Gasteiger partial charge in [0.25, 0.3) is 5.91 Å². The van der Waals surface area contributed by atoms with E-state index < -0.39 is 21.5 Å². The summed E-state index contributed by atoms with van der Waals surface area (Å²) >= 11 is 5.88. The van der Waals surface area contributed by atoms with E-state index in [1.807, 2.05) is 30.3 Å². The van der Waals surface area contributed by atoms with Crippen LogP contribution in [0.2, 0.25) is 5.15 Å². The number of amides is 2. The van der Waals surface area contributed by atoms with Crippen LogP contribution < -0.4 is 22.1 Å². The maximum absolute atomic E-state index is 13.6. The van der Waals surface area contributed by atoms with Crippen LogP contribution in [0, 0.1) is 0 Å². The number of aliphatic imine (C=N–C) groups is 1. The average Bonchev–Trinajstić information content (AvgIpc) is 3.44. The highest BCUT2D eigenvalue weighted by molar-refractivity contribution is 7.89. The van der Waals surface area contributed by atoms with E-state index in [0.29, 0.717) is 38.0 Å². The highest BCUT2D eigenvalue weighted by Crippen LogP contribution is 2.29. The third-order valence-corrected chi connectivity index (χ3v) is 10.4. The number of anilines is 2. The topological polar surface area (TPSA) is 198 Å². The highest BCUT2D eigenvalue weighted by Gasteiger charge is 2.41. The molecular formula is C29H32ClN9O5S. The van der Waals surface area contributed by atoms with Gasteiger partial charge in [0.15, 0.2) is 28.4 Å². The molecule has 14 nitrogen and oxygen atoms in total. The van der Waals surface area contributed by atoms with Crippen LogP contribution in [0.25, 0.3) is 0 Å². The fraction of sp³-hybridized carbons (Fsp3) is 0.345. The van der Waals surface area contributed by atoms with Gasteiger partial charge < -0.3 is 31.7 Å². The Morgan fingerprint density at radius 3 is 2.53 bits per heavy atom. The van der Waals surface area contributed by atoms with E-state index in [2.05, 4.69) is 25.6 Å². The Kier molecular flexibility index (Phi) is 8.35. The second-order valence-electron chi connectivity index (χ2n) is 11.1. The zero-order valence-corrected chi connectivity index (χ0v) is 25.7. The molecule has 3 fully saturated rings. The summed E-state index contributed by atoms with van der Waals surface area (Å²) in [5.74, 6) is -0.994. The molecule has 2 aromatic carbocycles. The number of piperidine rings is 1. The summed E-state index contributed by atoms with van der Waals surface area (Å²) in [4.78, 5) is 39.7. The van der Waals surface area contributed by atoms with Crippen molar-refractivity contribution < 1.29 is 22.7 Å². The third-order valence-electron chi connectivity index (χ3n) is 8.23. The molecule has 0 bridgehead atoms. The van der Waals surface area contributed by atoms with Crippen LogP contribution in [0.3, 0.4) is 0 Å². The molecule has 2 amide bonds. The fourth-order valence-corrected chi connectivity index (χ4v) is 7.29. The predicted octanol–water partition coefficient (Wildman–Crippen LogP) is 1.42. The SMILES string of the molecule is Nc1nc(N)c(C(=O)/N=C2\NCC3(CCN(C(=O)c4cccc(S(=O)(=O)N5CCOC(c6ccccc6)C5)c4)CC3)N2)nc1Cl. The smallest absolute Gasteiger partial charge is 0.302 e. The molecule has 45 heavy (non-hydrogen) atoms. The molecule has 3 saturated heterocycles. The standard InChI is InChI=1S/C29H32ClN9O5S/c30-23-25(32)35-24(31)22(34-23)26(40)36-28-33-17-29(37-28)9-11-38(12-10-29)27(41)19-7-4-8-20(15-19)45(42,43)39-13-14-44-21(16-39)18-5-2-1-3-6-18/h1-8,15,21H,9-14,16-17H2,(H4,31,32,35)(H2,33,36,37,40). The van der Waals surface area contributed by atoms with Gasteiger partial charge in [-0.25, -0.2) is 18.4 Å². The van der Waals surface area contributed by atoms with Gasteiger partial charge in [0.1, 0.15) is 0 Å². The first-order valence-corrected chi connectivity index (χ1v) is 16.2. The molecule has 0 radical (unpaired) electrons. The second kappa shape index (κ2) is 12.2. The van der Waals surface area contributed by atoms with Gasteiger partial charge >= 0.3 is 5.91 Å². The summed E-state index contributed by atoms with van der Waals surface area (Å²) in [7, 11) is -3.86. The number of halogens is 1. The summed E-state index contributed by atoms with van der Waals surface area (Å²) in [5.41, 5.74) is 11.9. The number of nitrogens with zero attached hydrogens (tertiary/aromatic N) is 5. The zero-order chi connectivity index (χ0) is 31.8. The van der Waals surface area contributed by atoms with Crippen molar-refractivity contribution in [3.63, 3.8) is 0 Å². The molecule has 1 atom stereocenters. The van der Waals surface area contributed by atoms with Crippen molar-refractivity contribution in [2.45, 2.75) is 29.4 Å². The molecule has 236 valence electrons. The number of likely N-dealkylation sites (tertiary alicyclic amines) is 1. The molecule has 16 heteroatoms. The van der Waals surface area contributed by atoms with Crippen LogP contribution in [-0.2, 0) is 14.8 Å². The minimum Gasteiger partial charge on any atom is -0.382 e. The molecule has 0 aliphatic carbocycles. The van der Waals surface area contributed by atoms with E-state index in [-0.39, 0.29) is 65.0 Å². The Hall–Kier alpha value is -4.31. The number of nitrogens with two attached hydrogens (primary N) is 2. The summed E-state index contributed by atoms with van der Waals surface area (Å²) in [5, 5.41) is 6.22. The molecule has 6 N–H and O–H groups in total. The molecule has 1 unspecified atom stereocenters. The lowest BCUT2D eigenvalue weighted by Gasteiger charge is -2.38. The van der Waals surface area contributed by atoms with E-state index in [9.17, 15) is 18.0 Å². The number of carbonyl (C=O) groups excluding carboxylic acids is 2. The predicted molar refractivity (Wildman–Crippen MR) is 167 cm³/mol. The van der Waals surface area contributed by atoms with Gasteiger partial charge in [-0.2, -0.15) is 9.30 Å². The Morgan fingerprint density at radius 1 is 1.02 bits per heavy atom. The van der Waals surface area contributed by atoms with E-state index >= 15 is 0 Å². The first-order chi connectivity index (χ1) is 21.5. The molecule has 0 saturated carbocycles. The number of morpholine rings is 1. The Labute approximate surface area is 264 Å². The van der Waals surface area contributed by atoms with Gasteiger partial charge in [-0.3, -0.25) is 9.59 Å². The molecule has 4 heterocycles. The highest BCUT2D eigenvalue weighted by atomic mass is 35.5. The molecular weight excluding hydrogens is 622 g/mol. The van der Waals surface area contributed by atoms with Gasteiger partial charge in [0.2, 0.25) is 10.0 Å². The fourth-order valence-electron chi connectivity index (χ4n) is 5.69. The zero-order valence-electron chi connectivity index (χ0n) is 24.1. The van der Waals surface area contributed by atoms with Crippen LogP contribution in [0.4, 0.5) is 11.6 Å². The lowest BCUT2D eigenvalue weighted by Crippen LogP contribution is -2.53.